The standard InChI is InChI=1S/C37H43N3O7S.C3H9N.3CH4/c1-25-16-18-29-27(23-25)36(2,3)31(38(29)5)13-9-7-10-14-32-37(4,28-24-26(48(44,45)46)17-19-30(28)39(32)6)22-12-8-11-15-35(43)47-40-33(41)20-21-34(40)42;1-4(2)3;;;/h7,9-10,13-14,16-19,23-24H,8,11-12,15,20-22H2,1-6H3;1-3H3;3*1H4/p+1. The molecule has 0 saturated carbocycles. The maximum Gasteiger partial charge on any atom is 0.333 e. The molecule has 12 heteroatoms. The lowest BCUT2D eigenvalue weighted by atomic mass is 9.77. The molecular weight excluding hydrogens is 717 g/mol. The SMILES string of the molecule is C.C.C.C[NH+](C)C.Cc1ccc2c(c1)C(C)(C)C(/C=C/C=C/C=C1\N(C)c3ccc(S(=O)(=O)[O-])cc3C1(C)CCCCCC(=O)ON1C(=O)CCC1=O)=[N+]2C. The van der Waals surface area contributed by atoms with Crippen molar-refractivity contribution in [3.05, 3.63) is 89.2 Å². The van der Waals surface area contributed by atoms with Crippen molar-refractivity contribution < 1.29 is 41.7 Å². The smallest absolute Gasteiger partial charge is 0.333 e. The van der Waals surface area contributed by atoms with E-state index in [1.165, 1.54) is 39.6 Å². The van der Waals surface area contributed by atoms with Gasteiger partial charge in [0.15, 0.2) is 5.71 Å². The van der Waals surface area contributed by atoms with E-state index >= 15 is 0 Å². The van der Waals surface area contributed by atoms with E-state index in [4.69, 9.17) is 4.84 Å². The van der Waals surface area contributed by atoms with Gasteiger partial charge in [0, 0.05) is 60.8 Å². The van der Waals surface area contributed by atoms with Crippen LogP contribution in [0.1, 0.15) is 105 Å². The molecule has 55 heavy (non-hydrogen) atoms. The normalized spacial score (nSPS) is 19.3. The summed E-state index contributed by atoms with van der Waals surface area (Å²) >= 11 is 0. The molecule has 1 atom stereocenters. The largest absolute Gasteiger partial charge is 0.744 e. The molecule has 0 bridgehead atoms. The number of carbonyl (C=O) groups excluding carboxylic acids is 3. The molecule has 3 aliphatic rings. The number of anilines is 1. The number of hydroxylamine groups is 2. The molecule has 11 nitrogen and oxygen atoms in total. The lowest BCUT2D eigenvalue weighted by Gasteiger charge is -2.29. The zero-order valence-electron chi connectivity index (χ0n) is 31.9. The Bertz CT molecular complexity index is 1940. The number of nitrogens with zero attached hydrogens (tertiary/aromatic N) is 3. The molecule has 0 aromatic heterocycles. The first-order chi connectivity index (χ1) is 24.3. The van der Waals surface area contributed by atoms with E-state index in [0.29, 0.717) is 30.7 Å². The van der Waals surface area contributed by atoms with Gasteiger partial charge in [0.1, 0.15) is 17.2 Å². The minimum atomic E-state index is -4.66. The summed E-state index contributed by atoms with van der Waals surface area (Å²) < 4.78 is 38.1. The van der Waals surface area contributed by atoms with Crippen LogP contribution in [0.5, 0.6) is 0 Å². The Balaban J connectivity index is 0.00000206. The Kier molecular flexibility index (Phi) is 17.2. The third-order valence-electron chi connectivity index (χ3n) is 9.81. The van der Waals surface area contributed by atoms with Crippen LogP contribution in [0.2, 0.25) is 0 Å². The van der Waals surface area contributed by atoms with Crippen LogP contribution in [0.4, 0.5) is 11.4 Å². The van der Waals surface area contributed by atoms with Crippen molar-refractivity contribution in [2.45, 2.75) is 111 Å². The molecule has 0 aliphatic carbocycles. The Morgan fingerprint density at radius 3 is 2.15 bits per heavy atom. The maximum absolute atomic E-state index is 12.3. The van der Waals surface area contributed by atoms with Gasteiger partial charge < -0.3 is 19.2 Å². The average molecular weight is 782 g/mol. The van der Waals surface area contributed by atoms with Crippen LogP contribution in [0.15, 0.2) is 77.4 Å². The number of aryl methyl sites for hydroxylation is 1. The molecule has 2 amide bonds. The fourth-order valence-corrected chi connectivity index (χ4v) is 7.64. The van der Waals surface area contributed by atoms with Crippen LogP contribution in [0.3, 0.4) is 0 Å². The molecule has 2 aromatic carbocycles. The molecule has 3 aliphatic heterocycles. The number of imide groups is 1. The van der Waals surface area contributed by atoms with E-state index in [2.05, 4.69) is 77.8 Å². The van der Waals surface area contributed by atoms with Gasteiger partial charge in [-0.05, 0) is 76.4 Å². The van der Waals surface area contributed by atoms with Crippen molar-refractivity contribution in [2.24, 2.45) is 0 Å². The van der Waals surface area contributed by atoms with E-state index in [1.807, 2.05) is 43.2 Å². The number of rotatable bonds is 11. The Morgan fingerprint density at radius 1 is 0.927 bits per heavy atom. The number of amides is 2. The van der Waals surface area contributed by atoms with Gasteiger partial charge in [0.2, 0.25) is 5.69 Å². The first kappa shape index (κ1) is 48.6. The number of likely N-dealkylation sites (N-methyl/N-ethyl adjacent to an activating group) is 1. The number of fused-ring (bicyclic) bond motifs is 2. The van der Waals surface area contributed by atoms with Gasteiger partial charge in [-0.3, -0.25) is 9.59 Å². The van der Waals surface area contributed by atoms with Crippen molar-refractivity contribution in [1.82, 2.24) is 5.06 Å². The highest BCUT2D eigenvalue weighted by molar-refractivity contribution is 7.85. The summed E-state index contributed by atoms with van der Waals surface area (Å²) in [6, 6.07) is 11.0. The number of nitrogens with one attached hydrogen (secondary N) is 1. The van der Waals surface area contributed by atoms with Crippen LogP contribution in [0.25, 0.3) is 0 Å². The van der Waals surface area contributed by atoms with Gasteiger partial charge in [0.05, 0.1) is 31.5 Å². The van der Waals surface area contributed by atoms with Gasteiger partial charge in [-0.15, -0.1) is 5.06 Å². The summed E-state index contributed by atoms with van der Waals surface area (Å²) in [5.74, 6) is -1.66. The highest BCUT2D eigenvalue weighted by Gasteiger charge is 2.43. The highest BCUT2D eigenvalue weighted by atomic mass is 32.2. The Labute approximate surface area is 330 Å². The first-order valence-corrected chi connectivity index (χ1v) is 19.1. The molecule has 1 N–H and O–H groups in total. The fourth-order valence-electron chi connectivity index (χ4n) is 7.14. The molecular formula is C43H65N4O7S+. The van der Waals surface area contributed by atoms with E-state index < -0.39 is 33.3 Å². The monoisotopic (exact) mass is 781 g/mol. The average Bonchev–Trinajstić information content (AvgIpc) is 3.55. The summed E-state index contributed by atoms with van der Waals surface area (Å²) in [6.45, 7) is 8.60. The number of carbonyl (C=O) groups is 3. The van der Waals surface area contributed by atoms with Crippen molar-refractivity contribution in [1.29, 1.82) is 0 Å². The van der Waals surface area contributed by atoms with Crippen LogP contribution in [-0.4, -0.2) is 81.3 Å². The highest BCUT2D eigenvalue weighted by Crippen LogP contribution is 2.50. The minimum absolute atomic E-state index is 0. The molecule has 0 radical (unpaired) electrons. The van der Waals surface area contributed by atoms with Gasteiger partial charge in [-0.2, -0.15) is 4.58 Å². The number of benzene rings is 2. The van der Waals surface area contributed by atoms with E-state index in [0.717, 1.165) is 16.9 Å². The zero-order chi connectivity index (χ0) is 38.6. The van der Waals surface area contributed by atoms with Gasteiger partial charge >= 0.3 is 5.97 Å². The second-order valence-corrected chi connectivity index (χ2v) is 16.4. The molecule has 5 rings (SSSR count). The number of allylic oxidation sites excluding steroid dienone is 6. The zero-order valence-corrected chi connectivity index (χ0v) is 32.7. The lowest BCUT2D eigenvalue weighted by Crippen LogP contribution is -3.02. The Morgan fingerprint density at radius 2 is 1.55 bits per heavy atom. The third kappa shape index (κ3) is 10.9. The Hall–Kier alpha value is -4.39. The third-order valence-corrected chi connectivity index (χ3v) is 10.6. The summed E-state index contributed by atoms with van der Waals surface area (Å²) in [4.78, 5) is 43.9. The van der Waals surface area contributed by atoms with E-state index in [-0.39, 0.29) is 51.9 Å². The fraction of sp³-hybridized carbons (Fsp3) is 0.488. The molecule has 304 valence electrons. The molecule has 1 fully saturated rings. The van der Waals surface area contributed by atoms with Crippen LogP contribution < -0.4 is 9.80 Å². The molecule has 1 saturated heterocycles. The molecule has 0 spiro atoms. The summed E-state index contributed by atoms with van der Waals surface area (Å²) in [6.07, 6.45) is 12.7. The quantitative estimate of drug-likeness (QED) is 0.0895. The summed E-state index contributed by atoms with van der Waals surface area (Å²) in [7, 11) is 5.60. The maximum atomic E-state index is 12.3. The first-order valence-electron chi connectivity index (χ1n) is 17.7. The molecule has 2 aromatic rings. The molecule has 1 unspecified atom stereocenters. The van der Waals surface area contributed by atoms with Crippen LogP contribution >= 0.6 is 0 Å². The predicted octanol–water partition coefficient (Wildman–Crippen LogP) is 6.54. The lowest BCUT2D eigenvalue weighted by molar-refractivity contribution is -0.836. The van der Waals surface area contributed by atoms with Gasteiger partial charge in [-0.25, -0.2) is 13.2 Å². The van der Waals surface area contributed by atoms with Gasteiger partial charge in [-0.1, -0.05) is 65.0 Å². The summed E-state index contributed by atoms with van der Waals surface area (Å²) in [5.41, 5.74) is 6.66. The van der Waals surface area contributed by atoms with E-state index in [9.17, 15) is 27.4 Å². The number of hydrogen-bond donors (Lipinski definition) is 1. The number of unbranched alkanes of at least 4 members (excludes halogenated alkanes) is 2. The van der Waals surface area contributed by atoms with Crippen molar-refractivity contribution in [2.75, 3.05) is 40.1 Å². The second-order valence-electron chi connectivity index (χ2n) is 15.0. The predicted molar refractivity (Wildman–Crippen MR) is 221 cm³/mol. The van der Waals surface area contributed by atoms with Crippen LogP contribution in [-0.2, 0) is 40.2 Å². The molecule has 3 heterocycles. The van der Waals surface area contributed by atoms with Gasteiger partial charge in [0.25, 0.3) is 11.8 Å². The number of hydrogen-bond acceptors (Lipinski definition) is 8. The van der Waals surface area contributed by atoms with Crippen molar-refractivity contribution >= 4 is 45.0 Å². The second kappa shape index (κ2) is 19.5. The minimum Gasteiger partial charge on any atom is -0.744 e. The topological polar surface area (TPSA) is 132 Å². The number of quaternary nitrogens is 1. The van der Waals surface area contributed by atoms with Crippen molar-refractivity contribution in [3.8, 4) is 0 Å². The van der Waals surface area contributed by atoms with Crippen molar-refractivity contribution in [3.63, 3.8) is 0 Å². The summed E-state index contributed by atoms with van der Waals surface area (Å²) in [5, 5.41) is 0.557. The van der Waals surface area contributed by atoms with E-state index in [1.54, 1.807) is 6.07 Å². The van der Waals surface area contributed by atoms with Crippen LogP contribution in [0, 0.1) is 6.92 Å².